The molecule has 2 aromatic carbocycles. The first kappa shape index (κ1) is 20.9. The zero-order valence-corrected chi connectivity index (χ0v) is 18.0. The van der Waals surface area contributed by atoms with Crippen molar-refractivity contribution in [3.8, 4) is 0 Å². The van der Waals surface area contributed by atoms with Crippen LogP contribution in [0.1, 0.15) is 51.7 Å². The minimum Gasteiger partial charge on any atom is -0.459 e. The molecular formula is C26H28N2O3. The Labute approximate surface area is 183 Å². The van der Waals surface area contributed by atoms with Gasteiger partial charge in [0.25, 0.3) is 5.91 Å². The van der Waals surface area contributed by atoms with Crippen molar-refractivity contribution in [3.63, 3.8) is 0 Å². The van der Waals surface area contributed by atoms with E-state index in [-0.39, 0.29) is 23.8 Å². The van der Waals surface area contributed by atoms with Crippen molar-refractivity contribution in [2.75, 3.05) is 13.1 Å². The lowest BCUT2D eigenvalue weighted by atomic mass is 9.93. The van der Waals surface area contributed by atoms with Gasteiger partial charge in [0.2, 0.25) is 5.91 Å². The molecule has 5 nitrogen and oxygen atoms in total. The van der Waals surface area contributed by atoms with Crippen molar-refractivity contribution in [1.82, 2.24) is 10.2 Å². The zero-order valence-electron chi connectivity index (χ0n) is 18.0. The fraction of sp³-hybridized carbons (Fsp3) is 0.308. The minimum absolute atomic E-state index is 0.0240. The summed E-state index contributed by atoms with van der Waals surface area (Å²) in [4.78, 5) is 27.7. The van der Waals surface area contributed by atoms with Crippen LogP contribution in [0.15, 0.2) is 71.3 Å². The average molecular weight is 417 g/mol. The molecule has 2 heterocycles. The molecule has 1 saturated heterocycles. The molecule has 1 aliphatic heterocycles. The number of likely N-dealkylation sites (tertiary alicyclic amines) is 1. The number of hydrogen-bond donors (Lipinski definition) is 1. The highest BCUT2D eigenvalue weighted by Crippen LogP contribution is 2.26. The van der Waals surface area contributed by atoms with Crippen molar-refractivity contribution in [3.05, 3.63) is 94.9 Å². The molecule has 0 bridgehead atoms. The molecule has 0 radical (unpaired) electrons. The molecule has 0 saturated carbocycles. The van der Waals surface area contributed by atoms with Gasteiger partial charge in [0.05, 0.1) is 18.2 Å². The maximum Gasteiger partial charge on any atom is 0.289 e. The maximum absolute atomic E-state index is 13.3. The van der Waals surface area contributed by atoms with Gasteiger partial charge in [-0.3, -0.25) is 9.59 Å². The number of carbonyl (C=O) groups excluding carboxylic acids is 2. The molecule has 1 aliphatic rings. The van der Waals surface area contributed by atoms with Crippen LogP contribution in [0.5, 0.6) is 0 Å². The molecule has 4 rings (SSSR count). The molecule has 2 atom stereocenters. The van der Waals surface area contributed by atoms with Gasteiger partial charge < -0.3 is 14.6 Å². The summed E-state index contributed by atoms with van der Waals surface area (Å²) >= 11 is 0. The molecule has 0 aliphatic carbocycles. The van der Waals surface area contributed by atoms with E-state index in [1.165, 1.54) is 17.4 Å². The highest BCUT2D eigenvalue weighted by atomic mass is 16.3. The summed E-state index contributed by atoms with van der Waals surface area (Å²) in [5.74, 6) is -0.107. The molecule has 160 valence electrons. The number of aryl methyl sites for hydroxylation is 2. The third-order valence-corrected chi connectivity index (χ3v) is 6.10. The van der Waals surface area contributed by atoms with Crippen LogP contribution in [0.4, 0.5) is 0 Å². The lowest BCUT2D eigenvalue weighted by Crippen LogP contribution is -2.46. The molecule has 1 N–H and O–H groups in total. The number of carbonyl (C=O) groups is 2. The van der Waals surface area contributed by atoms with Crippen LogP contribution in [0.3, 0.4) is 0 Å². The van der Waals surface area contributed by atoms with E-state index in [2.05, 4.69) is 37.4 Å². The number of rotatable bonds is 5. The normalized spacial score (nSPS) is 17.2. The molecule has 1 fully saturated rings. The van der Waals surface area contributed by atoms with Crippen molar-refractivity contribution in [2.45, 2.75) is 32.7 Å². The predicted octanol–water partition coefficient (Wildman–Crippen LogP) is 4.65. The topological polar surface area (TPSA) is 62.6 Å². The zero-order chi connectivity index (χ0) is 21.8. The Morgan fingerprint density at radius 2 is 1.81 bits per heavy atom. The first-order chi connectivity index (χ1) is 15.0. The number of amides is 2. The third-order valence-electron chi connectivity index (χ3n) is 6.10. The van der Waals surface area contributed by atoms with Crippen LogP contribution in [0, 0.1) is 19.8 Å². The number of benzene rings is 2. The van der Waals surface area contributed by atoms with Gasteiger partial charge in [-0.2, -0.15) is 0 Å². The molecule has 2 amide bonds. The monoisotopic (exact) mass is 416 g/mol. The van der Waals surface area contributed by atoms with E-state index in [1.54, 1.807) is 17.0 Å². The van der Waals surface area contributed by atoms with E-state index in [1.807, 2.05) is 30.3 Å². The lowest BCUT2D eigenvalue weighted by molar-refractivity contribution is -0.126. The Kier molecular flexibility index (Phi) is 6.21. The smallest absolute Gasteiger partial charge is 0.289 e. The number of hydrogen-bond acceptors (Lipinski definition) is 3. The second-order valence-electron chi connectivity index (χ2n) is 8.26. The summed E-state index contributed by atoms with van der Waals surface area (Å²) in [6.45, 7) is 5.21. The first-order valence-corrected chi connectivity index (χ1v) is 10.8. The Bertz CT molecular complexity index is 1040. The maximum atomic E-state index is 13.3. The second-order valence-corrected chi connectivity index (χ2v) is 8.26. The van der Waals surface area contributed by atoms with Gasteiger partial charge in [-0.1, -0.05) is 48.5 Å². The summed E-state index contributed by atoms with van der Waals surface area (Å²) in [5.41, 5.74) is 4.52. The van der Waals surface area contributed by atoms with Gasteiger partial charge in [-0.15, -0.1) is 0 Å². The molecule has 0 unspecified atom stereocenters. The van der Waals surface area contributed by atoms with Crippen LogP contribution in [-0.4, -0.2) is 29.8 Å². The van der Waals surface area contributed by atoms with Crippen LogP contribution >= 0.6 is 0 Å². The van der Waals surface area contributed by atoms with Crippen LogP contribution in [0.2, 0.25) is 0 Å². The Morgan fingerprint density at radius 3 is 2.52 bits per heavy atom. The number of nitrogens with one attached hydrogen (secondary N) is 1. The second kappa shape index (κ2) is 9.21. The van der Waals surface area contributed by atoms with Gasteiger partial charge >= 0.3 is 0 Å². The lowest BCUT2D eigenvalue weighted by Gasteiger charge is -2.32. The number of piperidine rings is 1. The molecular weight excluding hydrogens is 388 g/mol. The SMILES string of the molecule is Cc1ccc([C@H](NC(=O)[C@H]2CCCN(C(=O)c3ccco3)C2)c2ccccc2)cc1C. The van der Waals surface area contributed by atoms with Crippen molar-refractivity contribution < 1.29 is 14.0 Å². The van der Waals surface area contributed by atoms with E-state index in [0.717, 1.165) is 24.0 Å². The average Bonchev–Trinajstić information content (AvgIpc) is 3.34. The van der Waals surface area contributed by atoms with E-state index >= 15 is 0 Å². The molecule has 1 aromatic heterocycles. The Hall–Kier alpha value is -3.34. The summed E-state index contributed by atoms with van der Waals surface area (Å²) in [6.07, 6.45) is 3.06. The van der Waals surface area contributed by atoms with Crippen molar-refractivity contribution >= 4 is 11.8 Å². The van der Waals surface area contributed by atoms with Gasteiger partial charge in [-0.05, 0) is 61.1 Å². The fourth-order valence-electron chi connectivity index (χ4n) is 4.14. The summed E-state index contributed by atoms with van der Waals surface area (Å²) in [6, 6.07) is 19.5. The Balaban J connectivity index is 1.53. The largest absolute Gasteiger partial charge is 0.459 e. The van der Waals surface area contributed by atoms with E-state index in [9.17, 15) is 9.59 Å². The first-order valence-electron chi connectivity index (χ1n) is 10.8. The molecule has 3 aromatic rings. The summed E-state index contributed by atoms with van der Waals surface area (Å²) in [5, 5.41) is 3.26. The van der Waals surface area contributed by atoms with E-state index in [0.29, 0.717) is 18.8 Å². The van der Waals surface area contributed by atoms with E-state index in [4.69, 9.17) is 4.42 Å². The highest BCUT2D eigenvalue weighted by Gasteiger charge is 2.31. The van der Waals surface area contributed by atoms with Crippen LogP contribution in [-0.2, 0) is 4.79 Å². The summed E-state index contributed by atoms with van der Waals surface area (Å²) in [7, 11) is 0. The standard InChI is InChI=1S/C26H28N2O3/c1-18-12-13-21(16-19(18)2)24(20-8-4-3-5-9-20)27-25(29)22-10-6-14-28(17-22)26(30)23-11-7-15-31-23/h3-5,7-9,11-13,15-16,22,24H,6,10,14,17H2,1-2H3,(H,27,29)/t22-,24+/m0/s1. The van der Waals surface area contributed by atoms with Gasteiger partial charge in [0.1, 0.15) is 0 Å². The molecule has 0 spiro atoms. The molecule has 31 heavy (non-hydrogen) atoms. The minimum atomic E-state index is -0.245. The Morgan fingerprint density at radius 1 is 1.00 bits per heavy atom. The third kappa shape index (κ3) is 4.71. The molecule has 5 heteroatoms. The van der Waals surface area contributed by atoms with E-state index < -0.39 is 0 Å². The van der Waals surface area contributed by atoms with Gasteiger partial charge in [0.15, 0.2) is 5.76 Å². The van der Waals surface area contributed by atoms with Crippen LogP contribution < -0.4 is 5.32 Å². The van der Waals surface area contributed by atoms with Crippen LogP contribution in [0.25, 0.3) is 0 Å². The predicted molar refractivity (Wildman–Crippen MR) is 120 cm³/mol. The number of furan rings is 1. The van der Waals surface area contributed by atoms with Gasteiger partial charge in [-0.25, -0.2) is 0 Å². The fourth-order valence-corrected chi connectivity index (χ4v) is 4.14. The number of nitrogens with zero attached hydrogens (tertiary/aromatic N) is 1. The quantitative estimate of drug-likeness (QED) is 0.658. The highest BCUT2D eigenvalue weighted by molar-refractivity contribution is 5.92. The van der Waals surface area contributed by atoms with Crippen molar-refractivity contribution in [1.29, 1.82) is 0 Å². The summed E-state index contributed by atoms with van der Waals surface area (Å²) < 4.78 is 5.25. The van der Waals surface area contributed by atoms with Gasteiger partial charge in [0, 0.05) is 13.1 Å². The van der Waals surface area contributed by atoms with Crippen molar-refractivity contribution in [2.24, 2.45) is 5.92 Å².